The quantitative estimate of drug-likeness (QED) is 0.690. The van der Waals surface area contributed by atoms with Gasteiger partial charge >= 0.3 is 0 Å². The Balaban J connectivity index is 1.97. The van der Waals surface area contributed by atoms with Crippen molar-refractivity contribution in [3.8, 4) is 5.75 Å². The van der Waals surface area contributed by atoms with Crippen LogP contribution in [0.3, 0.4) is 0 Å². The van der Waals surface area contributed by atoms with Crippen LogP contribution < -0.4 is 4.74 Å². The molecule has 2 fully saturated rings. The van der Waals surface area contributed by atoms with Crippen molar-refractivity contribution in [1.82, 2.24) is 9.21 Å². The summed E-state index contributed by atoms with van der Waals surface area (Å²) in [4.78, 5) is 15.2. The Morgan fingerprint density at radius 3 is 2.39 bits per heavy atom. The smallest absolute Gasteiger partial charge is 0.254 e. The number of amides is 1. The number of morpholine rings is 1. The Bertz CT molecular complexity index is 814. The number of ether oxygens (including phenoxy) is 2. The molecule has 1 amide bonds. The van der Waals surface area contributed by atoms with Crippen LogP contribution in [0.5, 0.6) is 5.75 Å². The highest BCUT2D eigenvalue weighted by atomic mass is 32.2. The molecule has 1 aromatic carbocycles. The van der Waals surface area contributed by atoms with E-state index < -0.39 is 10.0 Å². The molecule has 1 aliphatic carbocycles. The third-order valence-corrected chi connectivity index (χ3v) is 7.50. The zero-order valence-corrected chi connectivity index (χ0v) is 17.9. The van der Waals surface area contributed by atoms with E-state index >= 15 is 0 Å². The van der Waals surface area contributed by atoms with Crippen molar-refractivity contribution in [2.75, 3.05) is 33.4 Å². The summed E-state index contributed by atoms with van der Waals surface area (Å²) in [7, 11) is -2.33. The van der Waals surface area contributed by atoms with Crippen LogP contribution in [0.1, 0.15) is 44.0 Å². The Morgan fingerprint density at radius 2 is 1.86 bits per heavy atom. The molecule has 1 atom stereocenters. The van der Waals surface area contributed by atoms with Gasteiger partial charge in [-0.05, 0) is 43.9 Å². The monoisotopic (exact) mass is 410 g/mol. The summed E-state index contributed by atoms with van der Waals surface area (Å²) in [5.74, 6) is 0.446. The fourth-order valence-electron chi connectivity index (χ4n) is 3.44. The average molecular weight is 411 g/mol. The van der Waals surface area contributed by atoms with E-state index in [0.717, 1.165) is 12.8 Å². The summed E-state index contributed by atoms with van der Waals surface area (Å²) in [6, 6.07) is 5.02. The van der Waals surface area contributed by atoms with Gasteiger partial charge in [0.1, 0.15) is 10.6 Å². The van der Waals surface area contributed by atoms with Crippen molar-refractivity contribution in [3.05, 3.63) is 23.8 Å². The summed E-state index contributed by atoms with van der Waals surface area (Å²) < 4.78 is 38.3. The van der Waals surface area contributed by atoms with Crippen LogP contribution in [-0.2, 0) is 14.8 Å². The number of rotatable bonds is 7. The number of carbonyl (C=O) groups is 1. The second-order valence-electron chi connectivity index (χ2n) is 7.81. The van der Waals surface area contributed by atoms with Gasteiger partial charge < -0.3 is 14.4 Å². The van der Waals surface area contributed by atoms with Crippen molar-refractivity contribution < 1.29 is 22.7 Å². The summed E-state index contributed by atoms with van der Waals surface area (Å²) in [5.41, 5.74) is 0.382. The molecule has 0 bridgehead atoms. The number of nitrogens with zero attached hydrogens (tertiary/aromatic N) is 2. The van der Waals surface area contributed by atoms with Crippen LogP contribution in [0.15, 0.2) is 23.1 Å². The van der Waals surface area contributed by atoms with Crippen LogP contribution >= 0.6 is 0 Å². The third-order valence-electron chi connectivity index (χ3n) is 5.58. The minimum Gasteiger partial charge on any atom is -0.495 e. The van der Waals surface area contributed by atoms with Gasteiger partial charge in [0, 0.05) is 30.7 Å². The maximum absolute atomic E-state index is 13.3. The van der Waals surface area contributed by atoms with Gasteiger partial charge in [0.2, 0.25) is 10.0 Å². The van der Waals surface area contributed by atoms with Gasteiger partial charge in [0.15, 0.2) is 0 Å². The Morgan fingerprint density at radius 1 is 1.21 bits per heavy atom. The molecular formula is C20H30N2O5S. The van der Waals surface area contributed by atoms with Gasteiger partial charge in [-0.2, -0.15) is 4.31 Å². The van der Waals surface area contributed by atoms with Gasteiger partial charge in [-0.3, -0.25) is 4.79 Å². The van der Waals surface area contributed by atoms with Crippen molar-refractivity contribution in [2.45, 2.75) is 50.6 Å². The molecule has 1 saturated carbocycles. The highest BCUT2D eigenvalue weighted by Gasteiger charge is 2.38. The number of hydrogen-bond acceptors (Lipinski definition) is 5. The highest BCUT2D eigenvalue weighted by molar-refractivity contribution is 7.89. The molecule has 3 rings (SSSR count). The zero-order chi connectivity index (χ0) is 20.5. The second kappa shape index (κ2) is 8.39. The Hall–Kier alpha value is -1.64. The first-order valence-corrected chi connectivity index (χ1v) is 11.3. The van der Waals surface area contributed by atoms with E-state index in [4.69, 9.17) is 9.47 Å². The molecule has 1 heterocycles. The lowest BCUT2D eigenvalue weighted by atomic mass is 10.0. The number of sulfonamides is 1. The maximum atomic E-state index is 13.3. The lowest BCUT2D eigenvalue weighted by Crippen LogP contribution is -2.43. The average Bonchev–Trinajstić information content (AvgIpc) is 3.53. The molecule has 2 aliphatic rings. The van der Waals surface area contributed by atoms with Crippen LogP contribution in [0.4, 0.5) is 0 Å². The van der Waals surface area contributed by atoms with Crippen LogP contribution in [0.2, 0.25) is 0 Å². The van der Waals surface area contributed by atoms with E-state index in [1.807, 2.05) is 4.90 Å². The summed E-state index contributed by atoms with van der Waals surface area (Å²) in [6.07, 6.45) is 2.00. The first-order valence-electron chi connectivity index (χ1n) is 9.86. The predicted octanol–water partition coefficient (Wildman–Crippen LogP) is 2.37. The van der Waals surface area contributed by atoms with E-state index in [2.05, 4.69) is 20.8 Å². The summed E-state index contributed by atoms with van der Waals surface area (Å²) in [5, 5.41) is 0. The molecule has 8 heteroatoms. The number of benzene rings is 1. The molecule has 1 aromatic rings. The van der Waals surface area contributed by atoms with Gasteiger partial charge in [0.25, 0.3) is 5.91 Å². The third kappa shape index (κ3) is 4.18. The molecular weight excluding hydrogens is 380 g/mol. The van der Waals surface area contributed by atoms with Crippen molar-refractivity contribution >= 4 is 15.9 Å². The van der Waals surface area contributed by atoms with Gasteiger partial charge in [-0.15, -0.1) is 0 Å². The van der Waals surface area contributed by atoms with Gasteiger partial charge in [-0.1, -0.05) is 13.8 Å². The number of hydrogen-bond donors (Lipinski definition) is 0. The van der Waals surface area contributed by atoms with Crippen molar-refractivity contribution in [3.63, 3.8) is 0 Å². The number of carbonyl (C=O) groups excluding carboxylic acids is 1. The Kier molecular flexibility index (Phi) is 6.31. The van der Waals surface area contributed by atoms with Gasteiger partial charge in [0.05, 0.1) is 20.3 Å². The molecule has 156 valence electrons. The van der Waals surface area contributed by atoms with Crippen molar-refractivity contribution in [2.24, 2.45) is 5.92 Å². The van der Waals surface area contributed by atoms with E-state index in [1.54, 1.807) is 12.1 Å². The highest BCUT2D eigenvalue weighted by Crippen LogP contribution is 2.34. The first kappa shape index (κ1) is 21.1. The minimum absolute atomic E-state index is 0.0377. The Labute approximate surface area is 167 Å². The fraction of sp³-hybridized carbons (Fsp3) is 0.650. The van der Waals surface area contributed by atoms with E-state index in [9.17, 15) is 13.2 Å². The second-order valence-corrected chi connectivity index (χ2v) is 9.72. The molecule has 0 spiro atoms. The van der Waals surface area contributed by atoms with E-state index in [-0.39, 0.29) is 28.6 Å². The lowest BCUT2D eigenvalue weighted by molar-refractivity contribution is 0.0627. The number of methoxy groups -OCH3 is 1. The summed E-state index contributed by atoms with van der Waals surface area (Å²) in [6.45, 7) is 7.55. The van der Waals surface area contributed by atoms with Crippen LogP contribution in [0, 0.1) is 5.92 Å². The largest absolute Gasteiger partial charge is 0.495 e. The molecule has 7 nitrogen and oxygen atoms in total. The molecule has 1 aliphatic heterocycles. The molecule has 0 N–H and O–H groups in total. The lowest BCUT2D eigenvalue weighted by Gasteiger charge is -2.32. The normalized spacial score (nSPS) is 19.5. The van der Waals surface area contributed by atoms with Crippen LogP contribution in [0.25, 0.3) is 0 Å². The fourth-order valence-corrected chi connectivity index (χ4v) is 5.03. The predicted molar refractivity (Wildman–Crippen MR) is 106 cm³/mol. The summed E-state index contributed by atoms with van der Waals surface area (Å²) >= 11 is 0. The van der Waals surface area contributed by atoms with E-state index in [0.29, 0.717) is 37.8 Å². The topological polar surface area (TPSA) is 76.2 Å². The van der Waals surface area contributed by atoms with Crippen molar-refractivity contribution in [1.29, 1.82) is 0 Å². The molecule has 0 radical (unpaired) electrons. The van der Waals surface area contributed by atoms with E-state index in [1.165, 1.54) is 17.5 Å². The standard InChI is InChI=1S/C20H30N2O5S/c1-14(2)15(3)22(17-6-7-17)20(23)16-5-8-18(26-4)19(13-16)28(24,25)21-9-11-27-12-10-21/h5,8,13-15,17H,6-7,9-12H2,1-4H3. The molecule has 1 unspecified atom stereocenters. The molecule has 0 aromatic heterocycles. The SMILES string of the molecule is COc1ccc(C(=O)N(C2CC2)C(C)C(C)C)cc1S(=O)(=O)N1CCOCC1. The minimum atomic E-state index is -3.77. The first-order chi connectivity index (χ1) is 13.3. The zero-order valence-electron chi connectivity index (χ0n) is 17.1. The molecule has 28 heavy (non-hydrogen) atoms. The van der Waals surface area contributed by atoms with Gasteiger partial charge in [-0.25, -0.2) is 8.42 Å². The maximum Gasteiger partial charge on any atom is 0.254 e. The van der Waals surface area contributed by atoms with Crippen LogP contribution in [-0.4, -0.2) is 69.0 Å². The molecule has 1 saturated heterocycles.